The van der Waals surface area contributed by atoms with E-state index in [1.54, 1.807) is 15.9 Å². The number of anilines is 3. The van der Waals surface area contributed by atoms with Crippen LogP contribution in [0.1, 0.15) is 53.7 Å². The Morgan fingerprint density at radius 3 is 2.69 bits per heavy atom. The molecule has 5 heterocycles. The van der Waals surface area contributed by atoms with Gasteiger partial charge in [-0.2, -0.15) is 0 Å². The molecule has 1 saturated carbocycles. The molecule has 2 N–H and O–H groups in total. The molecule has 3 aromatic rings. The minimum absolute atomic E-state index is 0.00720. The van der Waals surface area contributed by atoms with Gasteiger partial charge in [-0.05, 0) is 61.1 Å². The van der Waals surface area contributed by atoms with E-state index in [2.05, 4.69) is 15.0 Å². The van der Waals surface area contributed by atoms with E-state index in [0.29, 0.717) is 73.1 Å². The van der Waals surface area contributed by atoms with Crippen molar-refractivity contribution in [1.29, 1.82) is 0 Å². The molecule has 0 unspecified atom stereocenters. The lowest BCUT2D eigenvalue weighted by Gasteiger charge is -2.27. The van der Waals surface area contributed by atoms with Crippen LogP contribution in [-0.4, -0.2) is 67.4 Å². The van der Waals surface area contributed by atoms with Crippen LogP contribution in [0, 0.1) is 12.8 Å². The number of sulfonamides is 1. The van der Waals surface area contributed by atoms with Crippen molar-refractivity contribution in [2.24, 2.45) is 5.92 Å². The smallest absolute Gasteiger partial charge is 0.255 e. The Morgan fingerprint density at radius 1 is 1.14 bits per heavy atom. The van der Waals surface area contributed by atoms with Gasteiger partial charge in [0, 0.05) is 26.1 Å². The monoisotopic (exact) mass is 608 g/mol. The molecule has 2 saturated heterocycles. The number of fused-ring (bicyclic) bond motifs is 1. The summed E-state index contributed by atoms with van der Waals surface area (Å²) in [5, 5.41) is 3.85. The summed E-state index contributed by atoms with van der Waals surface area (Å²) < 4.78 is 35.1. The summed E-state index contributed by atoms with van der Waals surface area (Å²) in [4.78, 5) is 39.3. The number of thiazole rings is 1. The van der Waals surface area contributed by atoms with Crippen molar-refractivity contribution < 1.29 is 22.7 Å². The fraction of sp³-hybridized carbons (Fsp3) is 0.448. The second-order valence-electron chi connectivity index (χ2n) is 11.4. The number of aryl methyl sites for hydroxylation is 1. The van der Waals surface area contributed by atoms with Gasteiger partial charge in [-0.15, -0.1) is 0 Å². The summed E-state index contributed by atoms with van der Waals surface area (Å²) in [5.41, 5.74) is 2.40. The standard InChI is InChI=1S/C29H32N6O5S2/c1-17-27(41-29(30-17)32-23-4-2-5-24(31-23)35-10-3-6-25(35)36)19-12-20-14-34(11-9-18-7-8-18)28(37)26(20)22(13-19)42(38,39)33-21-15-40-16-21/h2,4-5,12-13,18,21,33H,3,6-11,14-16H2,1H3,(H,30,31,32). The highest BCUT2D eigenvalue weighted by Gasteiger charge is 2.37. The number of rotatable bonds is 10. The van der Waals surface area contributed by atoms with E-state index in [9.17, 15) is 18.0 Å². The molecule has 7 rings (SSSR count). The van der Waals surface area contributed by atoms with Crippen molar-refractivity contribution in [3.63, 3.8) is 0 Å². The first-order valence-corrected chi connectivity index (χ1v) is 16.6. The number of benzene rings is 1. The predicted molar refractivity (Wildman–Crippen MR) is 158 cm³/mol. The van der Waals surface area contributed by atoms with Crippen molar-refractivity contribution in [3.05, 3.63) is 47.2 Å². The molecule has 0 radical (unpaired) electrons. The topological polar surface area (TPSA) is 134 Å². The van der Waals surface area contributed by atoms with Crippen molar-refractivity contribution >= 4 is 49.9 Å². The molecule has 1 aromatic carbocycles. The third-order valence-electron chi connectivity index (χ3n) is 8.18. The van der Waals surface area contributed by atoms with Crippen LogP contribution in [-0.2, 0) is 26.1 Å². The Hall–Kier alpha value is -3.39. The molecule has 4 aliphatic rings. The number of nitrogens with one attached hydrogen (secondary N) is 2. The molecule has 2 amide bonds. The lowest BCUT2D eigenvalue weighted by molar-refractivity contribution is -0.117. The molecule has 3 fully saturated rings. The third kappa shape index (κ3) is 5.30. The summed E-state index contributed by atoms with van der Waals surface area (Å²) in [7, 11) is -3.97. The van der Waals surface area contributed by atoms with Gasteiger partial charge in [0.15, 0.2) is 5.13 Å². The van der Waals surface area contributed by atoms with Crippen molar-refractivity contribution in [2.75, 3.05) is 36.5 Å². The molecule has 11 nitrogen and oxygen atoms in total. The summed E-state index contributed by atoms with van der Waals surface area (Å²) in [5.74, 6) is 1.67. The Kier molecular flexibility index (Phi) is 7.00. The van der Waals surface area contributed by atoms with E-state index in [4.69, 9.17) is 9.72 Å². The van der Waals surface area contributed by atoms with Gasteiger partial charge >= 0.3 is 0 Å². The van der Waals surface area contributed by atoms with E-state index >= 15 is 0 Å². The van der Waals surface area contributed by atoms with Crippen molar-refractivity contribution in [1.82, 2.24) is 19.6 Å². The van der Waals surface area contributed by atoms with E-state index in [0.717, 1.165) is 23.4 Å². The first-order chi connectivity index (χ1) is 20.2. The van der Waals surface area contributed by atoms with Gasteiger partial charge in [-0.25, -0.2) is 23.1 Å². The fourth-order valence-corrected chi connectivity index (χ4v) is 8.12. The Balaban J connectivity index is 1.20. The molecule has 0 spiro atoms. The van der Waals surface area contributed by atoms with Crippen LogP contribution in [0.4, 0.5) is 16.8 Å². The largest absolute Gasteiger partial charge is 0.378 e. The maximum absolute atomic E-state index is 13.6. The van der Waals surface area contributed by atoms with Gasteiger partial charge in [-0.1, -0.05) is 30.2 Å². The van der Waals surface area contributed by atoms with Gasteiger partial charge in [0.25, 0.3) is 5.91 Å². The number of nitrogens with zero attached hydrogens (tertiary/aromatic N) is 4. The number of pyridine rings is 1. The van der Waals surface area contributed by atoms with Crippen LogP contribution < -0.4 is 14.9 Å². The normalized spacial score (nSPS) is 19.0. The van der Waals surface area contributed by atoms with E-state index in [1.165, 1.54) is 24.2 Å². The van der Waals surface area contributed by atoms with Gasteiger partial charge < -0.3 is 15.0 Å². The molecule has 1 aliphatic carbocycles. The zero-order valence-corrected chi connectivity index (χ0v) is 24.9. The van der Waals surface area contributed by atoms with E-state index < -0.39 is 10.0 Å². The van der Waals surface area contributed by atoms with Crippen LogP contribution in [0.3, 0.4) is 0 Å². The van der Waals surface area contributed by atoms with Gasteiger partial charge in [0.2, 0.25) is 15.9 Å². The molecule has 220 valence electrons. The number of carbonyl (C=O) groups excluding carboxylic acids is 2. The molecule has 13 heteroatoms. The van der Waals surface area contributed by atoms with Gasteiger partial charge in [0.05, 0.1) is 40.3 Å². The highest BCUT2D eigenvalue weighted by molar-refractivity contribution is 7.89. The molecule has 0 atom stereocenters. The molecule has 0 bridgehead atoms. The Morgan fingerprint density at radius 2 is 1.98 bits per heavy atom. The highest BCUT2D eigenvalue weighted by atomic mass is 32.2. The van der Waals surface area contributed by atoms with Crippen LogP contribution in [0.5, 0.6) is 0 Å². The number of carbonyl (C=O) groups is 2. The second-order valence-corrected chi connectivity index (χ2v) is 14.1. The van der Waals surface area contributed by atoms with Crippen LogP contribution in [0.25, 0.3) is 10.4 Å². The van der Waals surface area contributed by atoms with Crippen LogP contribution in [0.2, 0.25) is 0 Å². The van der Waals surface area contributed by atoms with E-state index in [-0.39, 0.29) is 28.3 Å². The summed E-state index contributed by atoms with van der Waals surface area (Å²) in [6.45, 7) is 4.17. The minimum atomic E-state index is -3.97. The minimum Gasteiger partial charge on any atom is -0.378 e. The first kappa shape index (κ1) is 27.4. The second kappa shape index (κ2) is 10.7. The molecular formula is C29H32N6O5S2. The lowest BCUT2D eigenvalue weighted by atomic mass is 10.0. The van der Waals surface area contributed by atoms with Gasteiger partial charge in [0.1, 0.15) is 11.6 Å². The fourth-order valence-electron chi connectivity index (χ4n) is 5.69. The van der Waals surface area contributed by atoms with Crippen molar-refractivity contribution in [2.45, 2.75) is 56.5 Å². The summed E-state index contributed by atoms with van der Waals surface area (Å²) >= 11 is 1.39. The zero-order valence-electron chi connectivity index (χ0n) is 23.3. The highest BCUT2D eigenvalue weighted by Crippen LogP contribution is 2.40. The third-order valence-corrected chi connectivity index (χ3v) is 10.8. The number of hydrogen-bond acceptors (Lipinski definition) is 9. The lowest BCUT2D eigenvalue weighted by Crippen LogP contribution is -2.48. The van der Waals surface area contributed by atoms with Crippen LogP contribution >= 0.6 is 11.3 Å². The quantitative estimate of drug-likeness (QED) is 0.355. The van der Waals surface area contributed by atoms with Crippen molar-refractivity contribution in [3.8, 4) is 10.4 Å². The van der Waals surface area contributed by atoms with Crippen LogP contribution in [0.15, 0.2) is 35.2 Å². The Bertz CT molecular complexity index is 1680. The average molecular weight is 609 g/mol. The number of ether oxygens (including phenoxy) is 1. The average Bonchev–Trinajstić information content (AvgIpc) is 3.43. The Labute approximate surface area is 248 Å². The molecule has 2 aromatic heterocycles. The predicted octanol–water partition coefficient (Wildman–Crippen LogP) is 3.82. The summed E-state index contributed by atoms with van der Waals surface area (Å²) in [6.07, 6.45) is 4.68. The number of aromatic nitrogens is 2. The first-order valence-electron chi connectivity index (χ1n) is 14.3. The maximum Gasteiger partial charge on any atom is 0.255 e. The van der Waals surface area contributed by atoms with E-state index in [1.807, 2.05) is 31.2 Å². The number of amides is 2. The zero-order chi connectivity index (χ0) is 29.0. The number of hydrogen-bond donors (Lipinski definition) is 2. The maximum atomic E-state index is 13.6. The van der Waals surface area contributed by atoms with Gasteiger partial charge in [-0.3, -0.25) is 14.5 Å². The molecule has 42 heavy (non-hydrogen) atoms. The SMILES string of the molecule is Cc1nc(Nc2cccc(N3CCCC3=O)n2)sc1-c1cc2c(c(S(=O)(=O)NC3COC3)c1)C(=O)N(CCC1CC1)C2. The molecular weight excluding hydrogens is 576 g/mol. The summed E-state index contributed by atoms with van der Waals surface area (Å²) in [6, 6.07) is 8.71. The molecule has 3 aliphatic heterocycles.